The molecule has 1 aliphatic heterocycles. The topological polar surface area (TPSA) is 91.8 Å². The standard InChI is InChI=1S/C23H21N3O4/c1-30-23(29)20(13-15-14-25-19-10-5-4-7-16(15)19)24-11-6-12-26-21(27)17-8-2-3-9-18(17)22(26)28/h2-5,7-11,14,20,25H,6,12-13H2,1H3. The first-order valence-corrected chi connectivity index (χ1v) is 9.70. The number of carbonyl (C=O) groups is 3. The molecule has 1 unspecified atom stereocenters. The van der Waals surface area contributed by atoms with E-state index in [4.69, 9.17) is 4.74 Å². The molecule has 152 valence electrons. The van der Waals surface area contributed by atoms with Crippen molar-refractivity contribution >= 4 is 34.9 Å². The zero-order valence-corrected chi connectivity index (χ0v) is 16.5. The summed E-state index contributed by atoms with van der Waals surface area (Å²) in [7, 11) is 1.33. The number of hydrogen-bond acceptors (Lipinski definition) is 5. The van der Waals surface area contributed by atoms with Gasteiger partial charge in [-0.15, -0.1) is 0 Å². The third-order valence-electron chi connectivity index (χ3n) is 5.21. The highest BCUT2D eigenvalue weighted by atomic mass is 16.5. The van der Waals surface area contributed by atoms with Gasteiger partial charge in [0, 0.05) is 42.7 Å². The highest BCUT2D eigenvalue weighted by Crippen LogP contribution is 2.23. The number of ether oxygens (including phenoxy) is 1. The molecule has 0 aliphatic carbocycles. The maximum atomic E-state index is 12.4. The monoisotopic (exact) mass is 403 g/mol. The van der Waals surface area contributed by atoms with Crippen molar-refractivity contribution in [3.8, 4) is 0 Å². The Morgan fingerprint density at radius 2 is 1.77 bits per heavy atom. The lowest BCUT2D eigenvalue weighted by molar-refractivity contribution is -0.142. The minimum Gasteiger partial charge on any atom is -0.467 e. The summed E-state index contributed by atoms with van der Waals surface area (Å²) >= 11 is 0. The summed E-state index contributed by atoms with van der Waals surface area (Å²) < 4.78 is 4.90. The summed E-state index contributed by atoms with van der Waals surface area (Å²) in [5.41, 5.74) is 2.81. The number of imide groups is 1. The number of amides is 2. The van der Waals surface area contributed by atoms with Crippen molar-refractivity contribution in [2.75, 3.05) is 13.7 Å². The van der Waals surface area contributed by atoms with Gasteiger partial charge in [0.15, 0.2) is 6.04 Å². The van der Waals surface area contributed by atoms with Crippen LogP contribution in [0, 0.1) is 0 Å². The molecule has 4 rings (SSSR count). The first-order chi connectivity index (χ1) is 14.6. The summed E-state index contributed by atoms with van der Waals surface area (Å²) in [6.07, 6.45) is 4.20. The lowest BCUT2D eigenvalue weighted by atomic mass is 10.1. The molecule has 2 amide bonds. The van der Waals surface area contributed by atoms with E-state index in [9.17, 15) is 14.4 Å². The molecule has 2 heterocycles. The van der Waals surface area contributed by atoms with Crippen LogP contribution in [0.3, 0.4) is 0 Å². The van der Waals surface area contributed by atoms with Crippen molar-refractivity contribution in [1.82, 2.24) is 9.88 Å². The van der Waals surface area contributed by atoms with Crippen molar-refractivity contribution in [1.29, 1.82) is 0 Å². The molecule has 7 heteroatoms. The molecule has 1 N–H and O–H groups in total. The highest BCUT2D eigenvalue weighted by molar-refractivity contribution is 6.21. The van der Waals surface area contributed by atoms with E-state index < -0.39 is 12.0 Å². The van der Waals surface area contributed by atoms with Crippen LogP contribution in [0.25, 0.3) is 10.9 Å². The van der Waals surface area contributed by atoms with Crippen molar-refractivity contribution in [3.05, 3.63) is 71.4 Å². The number of rotatable bonds is 7. The van der Waals surface area contributed by atoms with Crippen LogP contribution >= 0.6 is 0 Å². The normalized spacial score (nSPS) is 14.5. The van der Waals surface area contributed by atoms with Crippen LogP contribution in [-0.4, -0.2) is 53.6 Å². The zero-order valence-electron chi connectivity index (χ0n) is 16.5. The number of H-pyrrole nitrogens is 1. The molecule has 0 fully saturated rings. The lowest BCUT2D eigenvalue weighted by Gasteiger charge is -2.13. The van der Waals surface area contributed by atoms with Gasteiger partial charge in [0.2, 0.25) is 0 Å². The van der Waals surface area contributed by atoms with Crippen LogP contribution < -0.4 is 0 Å². The second-order valence-electron chi connectivity index (χ2n) is 7.03. The van der Waals surface area contributed by atoms with E-state index in [2.05, 4.69) is 9.98 Å². The number of aromatic nitrogens is 1. The van der Waals surface area contributed by atoms with Crippen LogP contribution in [0.5, 0.6) is 0 Å². The third-order valence-corrected chi connectivity index (χ3v) is 5.21. The highest BCUT2D eigenvalue weighted by Gasteiger charge is 2.34. The number of aromatic amines is 1. The molecule has 1 atom stereocenters. The predicted octanol–water partition coefficient (Wildman–Crippen LogP) is 3.01. The van der Waals surface area contributed by atoms with Crippen LogP contribution in [0.2, 0.25) is 0 Å². The first kappa shape index (κ1) is 19.6. The maximum absolute atomic E-state index is 12.4. The zero-order chi connectivity index (χ0) is 21.1. The Kier molecular flexibility index (Phi) is 5.43. The molecule has 3 aromatic rings. The Labute approximate surface area is 173 Å². The van der Waals surface area contributed by atoms with Gasteiger partial charge in [-0.05, 0) is 23.8 Å². The van der Waals surface area contributed by atoms with E-state index in [-0.39, 0.29) is 18.4 Å². The molecule has 0 bridgehead atoms. The second-order valence-corrected chi connectivity index (χ2v) is 7.03. The quantitative estimate of drug-likeness (QED) is 0.373. The van der Waals surface area contributed by atoms with E-state index in [1.807, 2.05) is 30.5 Å². The fourth-order valence-electron chi connectivity index (χ4n) is 3.67. The third kappa shape index (κ3) is 3.61. The Balaban J connectivity index is 1.42. The lowest BCUT2D eigenvalue weighted by Crippen LogP contribution is -2.31. The van der Waals surface area contributed by atoms with Gasteiger partial charge in [0.25, 0.3) is 11.8 Å². The SMILES string of the molecule is COC(=O)C(Cc1c[nH]c2ccccc12)N=CCCN1C(=O)c2ccccc2C1=O. The maximum Gasteiger partial charge on any atom is 0.330 e. The number of methoxy groups -OCH3 is 1. The number of hydrogen-bond donors (Lipinski definition) is 1. The number of nitrogens with one attached hydrogen (secondary N) is 1. The smallest absolute Gasteiger partial charge is 0.330 e. The van der Waals surface area contributed by atoms with Crippen LogP contribution in [0.4, 0.5) is 0 Å². The molecule has 2 aromatic carbocycles. The van der Waals surface area contributed by atoms with Crippen LogP contribution in [-0.2, 0) is 16.0 Å². The first-order valence-electron chi connectivity index (χ1n) is 9.70. The number of nitrogens with zero attached hydrogens (tertiary/aromatic N) is 2. The van der Waals surface area contributed by atoms with E-state index >= 15 is 0 Å². The average Bonchev–Trinajstić information content (AvgIpc) is 3.29. The van der Waals surface area contributed by atoms with Crippen molar-refractivity contribution in [3.63, 3.8) is 0 Å². The Morgan fingerprint density at radius 3 is 2.47 bits per heavy atom. The summed E-state index contributed by atoms with van der Waals surface area (Å²) in [5, 5.41) is 1.03. The number of carbonyl (C=O) groups excluding carboxylic acids is 3. The summed E-state index contributed by atoms with van der Waals surface area (Å²) in [4.78, 5) is 45.8. The Bertz CT molecular complexity index is 1110. The van der Waals surface area contributed by atoms with Gasteiger partial charge in [-0.25, -0.2) is 4.79 Å². The molecule has 0 radical (unpaired) electrons. The van der Waals surface area contributed by atoms with Crippen molar-refractivity contribution in [2.45, 2.75) is 18.9 Å². The van der Waals surface area contributed by atoms with Gasteiger partial charge >= 0.3 is 5.97 Å². The second kappa shape index (κ2) is 8.32. The van der Waals surface area contributed by atoms with E-state index in [0.717, 1.165) is 16.5 Å². The largest absolute Gasteiger partial charge is 0.467 e. The summed E-state index contributed by atoms with van der Waals surface area (Å²) in [5.74, 6) is -1.03. The van der Waals surface area contributed by atoms with Crippen LogP contribution in [0.15, 0.2) is 59.7 Å². The van der Waals surface area contributed by atoms with Gasteiger partial charge in [0.1, 0.15) is 0 Å². The molecule has 1 aromatic heterocycles. The van der Waals surface area contributed by atoms with Crippen LogP contribution in [0.1, 0.15) is 32.7 Å². The minimum absolute atomic E-state index is 0.205. The summed E-state index contributed by atoms with van der Waals surface area (Å²) in [6, 6.07) is 13.9. The number of benzene rings is 2. The average molecular weight is 403 g/mol. The molecule has 0 spiro atoms. The number of esters is 1. The van der Waals surface area contributed by atoms with Gasteiger partial charge < -0.3 is 9.72 Å². The van der Waals surface area contributed by atoms with E-state index in [1.165, 1.54) is 12.0 Å². The molecule has 7 nitrogen and oxygen atoms in total. The molecule has 1 aliphatic rings. The summed E-state index contributed by atoms with van der Waals surface area (Å²) in [6.45, 7) is 0.205. The van der Waals surface area contributed by atoms with Crippen molar-refractivity contribution in [2.24, 2.45) is 4.99 Å². The van der Waals surface area contributed by atoms with E-state index in [1.54, 1.807) is 30.5 Å². The Hall–Kier alpha value is -3.74. The number of fused-ring (bicyclic) bond motifs is 2. The predicted molar refractivity (Wildman–Crippen MR) is 113 cm³/mol. The Morgan fingerprint density at radius 1 is 1.10 bits per heavy atom. The number of aliphatic imine (C=N–C) groups is 1. The van der Waals surface area contributed by atoms with Gasteiger partial charge in [0.05, 0.1) is 18.2 Å². The minimum atomic E-state index is -0.698. The number of para-hydroxylation sites is 1. The molecule has 30 heavy (non-hydrogen) atoms. The van der Waals surface area contributed by atoms with E-state index in [0.29, 0.717) is 24.0 Å². The molecular formula is C23H21N3O4. The van der Waals surface area contributed by atoms with Gasteiger partial charge in [-0.1, -0.05) is 30.3 Å². The van der Waals surface area contributed by atoms with Crippen molar-refractivity contribution < 1.29 is 19.1 Å². The fourth-order valence-corrected chi connectivity index (χ4v) is 3.67. The molecular weight excluding hydrogens is 382 g/mol. The molecule has 0 saturated carbocycles. The van der Waals surface area contributed by atoms with Gasteiger partial charge in [-0.2, -0.15) is 0 Å². The van der Waals surface area contributed by atoms with Gasteiger partial charge in [-0.3, -0.25) is 19.5 Å². The fraction of sp³-hybridized carbons (Fsp3) is 0.217. The molecule has 0 saturated heterocycles.